The van der Waals surface area contributed by atoms with Crippen molar-refractivity contribution in [3.63, 3.8) is 0 Å². The second-order valence-corrected chi connectivity index (χ2v) is 10.5. The Kier molecular flexibility index (Phi) is 5.92. The van der Waals surface area contributed by atoms with Crippen LogP contribution in [0.15, 0.2) is 12.1 Å². The van der Waals surface area contributed by atoms with E-state index in [9.17, 15) is 22.8 Å². The highest BCUT2D eigenvalue weighted by molar-refractivity contribution is 7.88. The molecule has 0 bridgehead atoms. The van der Waals surface area contributed by atoms with Crippen LogP contribution >= 0.6 is 11.3 Å². The molecule has 1 aliphatic heterocycles. The number of urea groups is 1. The van der Waals surface area contributed by atoms with E-state index < -0.39 is 21.6 Å². The van der Waals surface area contributed by atoms with Crippen molar-refractivity contribution in [3.8, 4) is 0 Å². The van der Waals surface area contributed by atoms with Gasteiger partial charge in [-0.2, -0.15) is 0 Å². The van der Waals surface area contributed by atoms with Gasteiger partial charge in [0.1, 0.15) is 5.54 Å². The van der Waals surface area contributed by atoms with Gasteiger partial charge in [0.2, 0.25) is 10.0 Å². The fraction of sp³-hybridized carbons (Fsp3) is 0.611. The molecule has 1 aromatic heterocycles. The van der Waals surface area contributed by atoms with Crippen molar-refractivity contribution in [3.05, 3.63) is 21.9 Å². The average Bonchev–Trinajstić information content (AvgIpc) is 3.16. The Hall–Kier alpha value is -1.78. The second kappa shape index (κ2) is 7.92. The van der Waals surface area contributed by atoms with E-state index in [2.05, 4.69) is 10.0 Å². The first-order chi connectivity index (χ1) is 13.1. The average molecular weight is 428 g/mol. The summed E-state index contributed by atoms with van der Waals surface area (Å²) in [6.45, 7) is 1.94. The summed E-state index contributed by atoms with van der Waals surface area (Å²) in [5.74, 6) is -0.544. The van der Waals surface area contributed by atoms with Crippen molar-refractivity contribution in [1.82, 2.24) is 14.9 Å². The highest BCUT2D eigenvalue weighted by Crippen LogP contribution is 2.38. The third kappa shape index (κ3) is 4.28. The van der Waals surface area contributed by atoms with Gasteiger partial charge in [0, 0.05) is 11.4 Å². The van der Waals surface area contributed by atoms with E-state index in [1.165, 1.54) is 11.3 Å². The maximum absolute atomic E-state index is 12.9. The number of carbonyl (C=O) groups is 3. The molecule has 0 radical (unpaired) electrons. The lowest BCUT2D eigenvalue weighted by Gasteiger charge is -2.36. The van der Waals surface area contributed by atoms with Crippen LogP contribution in [0.25, 0.3) is 0 Å². The summed E-state index contributed by atoms with van der Waals surface area (Å²) < 4.78 is 24.6. The molecule has 8 nitrogen and oxygen atoms in total. The molecule has 3 amide bonds. The van der Waals surface area contributed by atoms with E-state index in [0.29, 0.717) is 17.7 Å². The number of amides is 3. The Balaban J connectivity index is 1.63. The molecule has 10 heteroatoms. The van der Waals surface area contributed by atoms with Crippen LogP contribution in [0.5, 0.6) is 0 Å². The van der Waals surface area contributed by atoms with E-state index in [4.69, 9.17) is 0 Å². The molecule has 2 aliphatic rings. The van der Waals surface area contributed by atoms with Crippen LogP contribution in [0, 0.1) is 5.92 Å². The van der Waals surface area contributed by atoms with Crippen molar-refractivity contribution >= 4 is 39.1 Å². The van der Waals surface area contributed by atoms with E-state index in [1.807, 2.05) is 6.92 Å². The lowest BCUT2D eigenvalue weighted by molar-refractivity contribution is -0.133. The minimum atomic E-state index is -3.25. The number of hydrogen-bond donors (Lipinski definition) is 2. The van der Waals surface area contributed by atoms with Crippen molar-refractivity contribution < 1.29 is 22.8 Å². The number of imide groups is 1. The van der Waals surface area contributed by atoms with Gasteiger partial charge >= 0.3 is 6.03 Å². The fourth-order valence-electron chi connectivity index (χ4n) is 3.88. The van der Waals surface area contributed by atoms with E-state index in [0.717, 1.165) is 35.3 Å². The predicted molar refractivity (Wildman–Crippen MR) is 106 cm³/mol. The summed E-state index contributed by atoms with van der Waals surface area (Å²) in [4.78, 5) is 40.3. The third-order valence-electron chi connectivity index (χ3n) is 5.48. The van der Waals surface area contributed by atoms with Crippen molar-refractivity contribution in [2.75, 3.05) is 19.3 Å². The van der Waals surface area contributed by atoms with Gasteiger partial charge < -0.3 is 5.32 Å². The Bertz CT molecular complexity index is 895. The van der Waals surface area contributed by atoms with Crippen LogP contribution in [-0.4, -0.2) is 55.9 Å². The number of Topliss-reactive ketones (excluding diaryl/α,β-unsaturated/α-hetero) is 1. The number of hydrogen-bond acceptors (Lipinski definition) is 6. The van der Waals surface area contributed by atoms with Gasteiger partial charge in [-0.25, -0.2) is 17.9 Å². The van der Waals surface area contributed by atoms with Gasteiger partial charge in [0.05, 0.1) is 17.7 Å². The highest BCUT2D eigenvalue weighted by Gasteiger charge is 2.55. The molecule has 3 rings (SSSR count). The predicted octanol–water partition coefficient (Wildman–Crippen LogP) is 1.52. The van der Waals surface area contributed by atoms with E-state index in [-0.39, 0.29) is 30.7 Å². The Morgan fingerprint density at radius 1 is 1.36 bits per heavy atom. The summed E-state index contributed by atoms with van der Waals surface area (Å²) >= 11 is 1.25. The smallest absolute Gasteiger partial charge is 0.323 e. The minimum Gasteiger partial charge on any atom is -0.323 e. The van der Waals surface area contributed by atoms with Crippen molar-refractivity contribution in [2.45, 2.75) is 44.6 Å². The fourth-order valence-corrected chi connectivity index (χ4v) is 5.29. The molecule has 2 fully saturated rings. The highest BCUT2D eigenvalue weighted by atomic mass is 32.2. The maximum atomic E-state index is 12.9. The molecule has 2 N–H and O–H groups in total. The first kappa shape index (κ1) is 20.9. The van der Waals surface area contributed by atoms with Crippen molar-refractivity contribution in [2.24, 2.45) is 5.92 Å². The molecule has 0 aromatic carbocycles. The number of sulfonamides is 1. The number of nitrogens with one attached hydrogen (secondary N) is 2. The second-order valence-electron chi connectivity index (χ2n) is 7.55. The quantitative estimate of drug-likeness (QED) is 0.506. The van der Waals surface area contributed by atoms with Crippen LogP contribution in [0.4, 0.5) is 4.79 Å². The van der Waals surface area contributed by atoms with Crippen molar-refractivity contribution in [1.29, 1.82) is 0 Å². The van der Waals surface area contributed by atoms with Gasteiger partial charge in [-0.3, -0.25) is 14.5 Å². The van der Waals surface area contributed by atoms with Crippen LogP contribution in [0.2, 0.25) is 0 Å². The molecule has 0 unspecified atom stereocenters. The standard InChI is InChI=1S/C18H25N3O5S2/c1-12-5-3-4-9-18(12)16(23)21(17(24)20-18)11-14(22)15-7-6-13(27-15)8-10-19-28(2,25)26/h6-7,12,19H,3-5,8-11H2,1-2H3,(H,20,24)/t12-,18-/m0/s1. The largest absolute Gasteiger partial charge is 0.325 e. The zero-order valence-electron chi connectivity index (χ0n) is 16.0. The molecular weight excluding hydrogens is 402 g/mol. The van der Waals surface area contributed by atoms with Crippen LogP contribution in [0.3, 0.4) is 0 Å². The Morgan fingerprint density at radius 3 is 2.79 bits per heavy atom. The zero-order chi connectivity index (χ0) is 20.5. The van der Waals surface area contributed by atoms with Crippen LogP contribution < -0.4 is 10.0 Å². The summed E-state index contributed by atoms with van der Waals surface area (Å²) in [7, 11) is -3.25. The molecule has 28 heavy (non-hydrogen) atoms. The third-order valence-corrected chi connectivity index (χ3v) is 7.39. The van der Waals surface area contributed by atoms with E-state index >= 15 is 0 Å². The first-order valence-corrected chi connectivity index (χ1v) is 12.0. The molecule has 154 valence electrons. The SMILES string of the molecule is C[C@H]1CCCC[C@]12NC(=O)N(CC(=O)c1ccc(CCNS(C)(=O)=O)s1)C2=O. The summed E-state index contributed by atoms with van der Waals surface area (Å²) in [6.07, 6.45) is 4.97. The van der Waals surface area contributed by atoms with Gasteiger partial charge in [-0.15, -0.1) is 11.3 Å². The van der Waals surface area contributed by atoms with Gasteiger partial charge in [-0.1, -0.05) is 19.8 Å². The molecule has 1 aliphatic carbocycles. The monoisotopic (exact) mass is 427 g/mol. The van der Waals surface area contributed by atoms with Crippen LogP contribution in [0.1, 0.15) is 47.2 Å². The molecule has 1 saturated carbocycles. The molecule has 1 aromatic rings. The van der Waals surface area contributed by atoms with Crippen LogP contribution in [-0.2, 0) is 21.2 Å². The first-order valence-electron chi connectivity index (χ1n) is 9.33. The molecule has 1 spiro atoms. The topological polar surface area (TPSA) is 113 Å². The normalized spacial score (nSPS) is 25.4. The van der Waals surface area contributed by atoms with Gasteiger partial charge in [0.15, 0.2) is 5.78 Å². The summed E-state index contributed by atoms with van der Waals surface area (Å²) in [5, 5.41) is 2.85. The minimum absolute atomic E-state index is 0.0495. The summed E-state index contributed by atoms with van der Waals surface area (Å²) in [6, 6.07) is 2.92. The number of carbonyl (C=O) groups excluding carboxylic acids is 3. The van der Waals surface area contributed by atoms with Gasteiger partial charge in [0.25, 0.3) is 5.91 Å². The number of thiophene rings is 1. The molecular formula is C18H25N3O5S2. The Labute approximate surface area is 168 Å². The molecule has 2 heterocycles. The lowest BCUT2D eigenvalue weighted by atomic mass is 9.73. The Morgan fingerprint density at radius 2 is 2.11 bits per heavy atom. The molecule has 2 atom stereocenters. The number of ketones is 1. The maximum Gasteiger partial charge on any atom is 0.325 e. The van der Waals surface area contributed by atoms with Gasteiger partial charge in [-0.05, 0) is 37.3 Å². The van der Waals surface area contributed by atoms with E-state index in [1.54, 1.807) is 12.1 Å². The molecule has 1 saturated heterocycles. The zero-order valence-corrected chi connectivity index (χ0v) is 17.6. The number of rotatable bonds is 7. The summed E-state index contributed by atoms with van der Waals surface area (Å²) in [5.41, 5.74) is -0.868. The number of nitrogens with zero attached hydrogens (tertiary/aromatic N) is 1. The lowest BCUT2D eigenvalue weighted by Crippen LogP contribution is -2.54.